The molecule has 0 radical (unpaired) electrons. The van der Waals surface area contributed by atoms with Crippen molar-refractivity contribution in [2.45, 2.75) is 413 Å². The SMILES string of the molecule is CCCCC/C=C\C/C=C\CCCCCCCC(=O)OCCN(CCOC(=O)CCCCCCC/C=C\C/C=C\CCCCC)C(=O)CCCC(=O)NCCCC[C@H](NC(=O)CCCC(=O)N(CCOC(=O)CCCCCCC/C=C\C/C=C\CCCCC)CCOC(=O)CCCCCCC/C=C\C/C=C\CCCCC)C(=O)NCCCOCCOCC. The average molecular weight is 1730 g/mol. The van der Waals surface area contributed by atoms with Crippen LogP contribution in [0.3, 0.4) is 0 Å². The lowest BCUT2D eigenvalue weighted by Gasteiger charge is -2.23. The van der Waals surface area contributed by atoms with Gasteiger partial charge in [0.15, 0.2) is 0 Å². The van der Waals surface area contributed by atoms with E-state index in [2.05, 4.69) is 141 Å². The number of hydrogen-bond donors (Lipinski definition) is 3. The third kappa shape index (κ3) is 85.6. The number of carbonyl (C=O) groups excluding carboxylic acids is 9. The minimum Gasteiger partial charge on any atom is -0.464 e. The first kappa shape index (κ1) is 116. The lowest BCUT2D eigenvalue weighted by Crippen LogP contribution is -2.47. The van der Waals surface area contributed by atoms with Gasteiger partial charge in [-0.1, -0.05) is 253 Å². The molecule has 0 aliphatic rings. The smallest absolute Gasteiger partial charge is 0.305 e. The fourth-order valence-corrected chi connectivity index (χ4v) is 13.7. The predicted octanol–water partition coefficient (Wildman–Crippen LogP) is 23.7. The van der Waals surface area contributed by atoms with E-state index in [1.807, 2.05) is 6.92 Å². The van der Waals surface area contributed by atoms with Crippen molar-refractivity contribution in [1.29, 1.82) is 0 Å². The Labute approximate surface area is 749 Å². The molecular formula is C103H179N5O15. The Morgan fingerprint density at radius 3 is 0.878 bits per heavy atom. The number of allylic oxidation sites excluding steroid dienone is 16. The second kappa shape index (κ2) is 94.2. The number of nitrogens with zero attached hydrogens (tertiary/aromatic N) is 2. The van der Waals surface area contributed by atoms with Gasteiger partial charge in [0.2, 0.25) is 29.5 Å². The van der Waals surface area contributed by atoms with E-state index in [0.717, 1.165) is 205 Å². The molecular weight excluding hydrogens is 1550 g/mol. The molecule has 0 aromatic carbocycles. The molecule has 0 aliphatic carbocycles. The van der Waals surface area contributed by atoms with Crippen molar-refractivity contribution in [3.63, 3.8) is 0 Å². The van der Waals surface area contributed by atoms with Crippen LogP contribution in [0.25, 0.3) is 0 Å². The van der Waals surface area contributed by atoms with Crippen molar-refractivity contribution in [3.8, 4) is 0 Å². The molecule has 0 spiro atoms. The summed E-state index contributed by atoms with van der Waals surface area (Å²) in [5.74, 6) is -2.83. The summed E-state index contributed by atoms with van der Waals surface area (Å²) in [5, 5.41) is 8.75. The number of amides is 5. The fourth-order valence-electron chi connectivity index (χ4n) is 13.7. The van der Waals surface area contributed by atoms with Crippen molar-refractivity contribution >= 4 is 53.4 Å². The summed E-state index contributed by atoms with van der Waals surface area (Å²) >= 11 is 0. The van der Waals surface area contributed by atoms with Crippen molar-refractivity contribution in [2.75, 3.05) is 92.1 Å². The molecule has 0 aliphatic heterocycles. The molecule has 0 unspecified atom stereocenters. The molecule has 0 aromatic rings. The van der Waals surface area contributed by atoms with Gasteiger partial charge in [0.25, 0.3) is 0 Å². The number of rotatable bonds is 91. The third-order valence-corrected chi connectivity index (χ3v) is 21.4. The summed E-state index contributed by atoms with van der Waals surface area (Å²) in [7, 11) is 0. The van der Waals surface area contributed by atoms with E-state index in [-0.39, 0.29) is 158 Å². The van der Waals surface area contributed by atoms with E-state index in [9.17, 15) is 43.2 Å². The maximum atomic E-state index is 13.9. The van der Waals surface area contributed by atoms with Gasteiger partial charge in [-0.25, -0.2) is 0 Å². The summed E-state index contributed by atoms with van der Waals surface area (Å²) in [6.45, 7) is 13.7. The van der Waals surface area contributed by atoms with Gasteiger partial charge in [0.05, 0.1) is 39.4 Å². The van der Waals surface area contributed by atoms with Crippen molar-refractivity contribution in [2.24, 2.45) is 0 Å². The van der Waals surface area contributed by atoms with Gasteiger partial charge in [0.1, 0.15) is 32.5 Å². The van der Waals surface area contributed by atoms with Crippen molar-refractivity contribution < 1.29 is 71.6 Å². The number of unbranched alkanes of at least 4 members (excludes halogenated alkanes) is 33. The Morgan fingerprint density at radius 2 is 0.553 bits per heavy atom. The van der Waals surface area contributed by atoms with Gasteiger partial charge in [0, 0.05) is 77.7 Å². The molecule has 123 heavy (non-hydrogen) atoms. The molecule has 20 nitrogen and oxygen atoms in total. The summed E-state index contributed by atoms with van der Waals surface area (Å²) in [6.07, 6.45) is 87.0. The van der Waals surface area contributed by atoms with Crippen LogP contribution in [-0.2, 0) is 71.6 Å². The first-order valence-electron chi connectivity index (χ1n) is 49.7. The molecule has 0 saturated carbocycles. The monoisotopic (exact) mass is 1730 g/mol. The Morgan fingerprint density at radius 1 is 0.260 bits per heavy atom. The van der Waals surface area contributed by atoms with Crippen LogP contribution in [0.2, 0.25) is 0 Å². The Hall–Kier alpha value is -6.93. The van der Waals surface area contributed by atoms with E-state index in [4.69, 9.17) is 28.4 Å². The fraction of sp³-hybridized carbons (Fsp3) is 0.757. The quantitative estimate of drug-likeness (QED) is 0.0222. The molecule has 1 atom stereocenters. The van der Waals surface area contributed by atoms with Gasteiger partial charge in [-0.2, -0.15) is 0 Å². The summed E-state index contributed by atoms with van der Waals surface area (Å²) in [6, 6.07) is -0.898. The Balaban J connectivity index is 5.67. The molecule has 0 saturated heterocycles. The van der Waals surface area contributed by atoms with Gasteiger partial charge in [-0.15, -0.1) is 0 Å². The maximum Gasteiger partial charge on any atom is 0.305 e. The highest BCUT2D eigenvalue weighted by Gasteiger charge is 2.23. The zero-order chi connectivity index (χ0) is 89.5. The minimum absolute atomic E-state index is 0.00180. The van der Waals surface area contributed by atoms with Crippen LogP contribution in [0.4, 0.5) is 0 Å². The lowest BCUT2D eigenvalue weighted by molar-refractivity contribution is -0.148. The molecule has 0 aromatic heterocycles. The summed E-state index contributed by atoms with van der Waals surface area (Å²) < 4.78 is 33.4. The van der Waals surface area contributed by atoms with Gasteiger partial charge in [-0.3, -0.25) is 43.2 Å². The number of esters is 4. The largest absolute Gasteiger partial charge is 0.464 e. The first-order chi connectivity index (χ1) is 60.3. The summed E-state index contributed by atoms with van der Waals surface area (Å²) in [4.78, 5) is 123. The second-order valence-corrected chi connectivity index (χ2v) is 32.7. The molecule has 5 amide bonds. The topological polar surface area (TPSA) is 252 Å². The molecule has 20 heteroatoms. The molecule has 0 rings (SSSR count). The van der Waals surface area contributed by atoms with E-state index in [1.165, 1.54) is 86.8 Å². The maximum absolute atomic E-state index is 13.9. The standard InChI is InChI=1S/C103H179N5O15/c1-6-11-15-19-23-27-31-35-39-43-47-51-55-59-63-77-99(113)120-88-83-107(84-89-121-100(114)78-64-60-56-52-48-44-40-36-32-28-24-20-16-12-7-2)97(111)75-69-73-95(109)104-81-68-67-72-94(103(117)105-82-71-87-119-93-92-118-10-5)106-96(110)74-70-76-98(112)108(85-90-122-101(115)79-65-61-57-53-49-45-41-37-33-29-25-21-17-13-8-3)86-91-123-102(116)80-66-62-58-54-50-46-42-38-34-30-26-22-18-14-9-4/h23-30,35-42,94H,6-22,31-34,43-93H2,1-5H3,(H,104,109)(H,105,117)(H,106,110)/b27-23-,28-24-,29-25-,30-26-,39-35-,40-36-,41-37-,42-38-/t94-/m0/s1. The number of carbonyl (C=O) groups is 9. The number of ether oxygens (including phenoxy) is 6. The van der Waals surface area contributed by atoms with Crippen LogP contribution in [0, 0.1) is 0 Å². The van der Waals surface area contributed by atoms with Crippen molar-refractivity contribution in [3.05, 3.63) is 97.2 Å². The van der Waals surface area contributed by atoms with Crippen LogP contribution < -0.4 is 16.0 Å². The zero-order valence-electron chi connectivity index (χ0n) is 78.7. The Kier molecular flexibility index (Phi) is 88.9. The highest BCUT2D eigenvalue weighted by atomic mass is 16.5. The average Bonchev–Trinajstić information content (AvgIpc) is 0.901. The van der Waals surface area contributed by atoms with E-state index in [1.54, 1.807) is 0 Å². The van der Waals surface area contributed by atoms with Gasteiger partial charge < -0.3 is 54.2 Å². The van der Waals surface area contributed by atoms with E-state index < -0.39 is 11.9 Å². The minimum atomic E-state index is -0.898. The van der Waals surface area contributed by atoms with Crippen LogP contribution in [0.15, 0.2) is 97.2 Å². The van der Waals surface area contributed by atoms with E-state index in [0.29, 0.717) is 71.6 Å². The highest BCUT2D eigenvalue weighted by molar-refractivity contribution is 5.88. The lowest BCUT2D eigenvalue weighted by atomic mass is 10.1. The molecule has 3 N–H and O–H groups in total. The van der Waals surface area contributed by atoms with E-state index >= 15 is 0 Å². The molecule has 0 fully saturated rings. The van der Waals surface area contributed by atoms with Crippen molar-refractivity contribution in [1.82, 2.24) is 25.8 Å². The normalized spacial score (nSPS) is 12.1. The van der Waals surface area contributed by atoms with Gasteiger partial charge >= 0.3 is 23.9 Å². The number of nitrogens with one attached hydrogen (secondary N) is 3. The van der Waals surface area contributed by atoms with Crippen LogP contribution in [-0.4, -0.2) is 161 Å². The van der Waals surface area contributed by atoms with Crippen LogP contribution in [0.1, 0.15) is 407 Å². The van der Waals surface area contributed by atoms with Crippen LogP contribution in [0.5, 0.6) is 0 Å². The van der Waals surface area contributed by atoms with Crippen LogP contribution >= 0.6 is 0 Å². The molecule has 0 bridgehead atoms. The molecule has 706 valence electrons. The zero-order valence-corrected chi connectivity index (χ0v) is 78.7. The molecule has 0 heterocycles. The predicted molar refractivity (Wildman–Crippen MR) is 506 cm³/mol. The number of hydrogen-bond acceptors (Lipinski definition) is 15. The summed E-state index contributed by atoms with van der Waals surface area (Å²) in [5.41, 5.74) is 0. The first-order valence-corrected chi connectivity index (χ1v) is 49.7. The second-order valence-electron chi connectivity index (χ2n) is 32.7. The van der Waals surface area contributed by atoms with Gasteiger partial charge in [-0.05, 0) is 200 Å². The highest BCUT2D eigenvalue weighted by Crippen LogP contribution is 2.16. The third-order valence-electron chi connectivity index (χ3n) is 21.4. The Bertz CT molecular complexity index is 2670.